The Morgan fingerprint density at radius 2 is 1.02 bits per heavy atom. The van der Waals surface area contributed by atoms with Crippen LogP contribution in [0.3, 0.4) is 0 Å². The van der Waals surface area contributed by atoms with Gasteiger partial charge in [-0.3, -0.25) is 91.7 Å². The standard InChI is InChI=1S/C76H109N23O24S4/c1-37(2)20-46(92-71(118)54(34-125)89-60(105)31-84-63(110)49(23-40-28-80-36-86-40)93-72(119)55(35-126)88-58(103)29-83-57(102)26-77)67(114)91-45(16-19-127-3)66(113)97-52(32-100)70(117)90-44(10-6-17-81-76(78)79)65(112)95-50(24-61(106)107)74(121)99-18-7-11-56(99)73(120)94-47(21-38-12-14-41(101)15-13-38)68(115)98-53(33-124)64(111)85-30-59(104)87-48(69(116)96-51(75(122)123)25-62(108)109)22-39-27-82-43-9-5-4-8-42(39)43/h4-5,8-9,12-15,27-28,36-37,44-56,82,100-101,124-126H,6-7,10-11,16-26,29-35,77H2,1-3H3,(H,80,86)(H,83,102)(H,84,110)(H,85,111)(H,87,104)(H,88,103)(H,89,105)(H,90,117)(H,91,114)(H,92,118)(H,93,119)(H,94,120)(H,95,112)(H,96,116)(H,97,113)(H,98,115)(H,106,107)(H,108,109)(H,122,123)(H4,78,79,81)/t44-,45-,46-,47-,48-,49-,50-,51-,52-,53-,54-,55-,56-/m0/s1. The molecule has 0 saturated carbocycles. The molecule has 0 aliphatic carbocycles. The van der Waals surface area contributed by atoms with E-state index in [1.807, 2.05) is 0 Å². The number of nitrogens with zero attached hydrogens (tertiary/aromatic N) is 2. The van der Waals surface area contributed by atoms with Crippen molar-refractivity contribution < 1.29 is 117 Å². The van der Waals surface area contributed by atoms with Crippen molar-refractivity contribution in [2.45, 2.75) is 163 Å². The summed E-state index contributed by atoms with van der Waals surface area (Å²) in [5.74, 6) is -22.6. The van der Waals surface area contributed by atoms with E-state index in [4.69, 9.17) is 16.9 Å². The van der Waals surface area contributed by atoms with Gasteiger partial charge < -0.3 is 137 Å². The zero-order valence-corrected chi connectivity index (χ0v) is 72.8. The molecule has 2 aromatic heterocycles. The van der Waals surface area contributed by atoms with E-state index in [-0.39, 0.29) is 99.8 Å². The molecule has 13 atom stereocenters. The number of benzene rings is 2. The van der Waals surface area contributed by atoms with Crippen molar-refractivity contribution in [3.63, 3.8) is 0 Å². The number of nitrogens with two attached hydrogens (primary N) is 2. The predicted molar refractivity (Wildman–Crippen MR) is 464 cm³/mol. The Labute approximate surface area is 747 Å². The predicted octanol–water partition coefficient (Wildman–Crippen LogP) is -8.38. The smallest absolute Gasteiger partial charge is 0.326 e. The number of amides is 16. The molecule has 0 radical (unpaired) electrons. The van der Waals surface area contributed by atoms with E-state index in [1.165, 1.54) is 54.7 Å². The van der Waals surface area contributed by atoms with Gasteiger partial charge in [-0.05, 0) is 85.8 Å². The number of carbonyl (C=O) groups is 19. The first kappa shape index (κ1) is 105. The van der Waals surface area contributed by atoms with E-state index >= 15 is 0 Å². The summed E-state index contributed by atoms with van der Waals surface area (Å²) >= 11 is 13.8. The topological polar surface area (TPSA) is 742 Å². The molecule has 0 unspecified atom stereocenters. The largest absolute Gasteiger partial charge is 0.508 e. The summed E-state index contributed by atoms with van der Waals surface area (Å²) in [4.78, 5) is 267. The number of thiol groups is 3. The summed E-state index contributed by atoms with van der Waals surface area (Å²) in [7, 11) is 0. The van der Waals surface area contributed by atoms with Gasteiger partial charge in [-0.2, -0.15) is 49.6 Å². The van der Waals surface area contributed by atoms with Gasteiger partial charge in [0.2, 0.25) is 94.5 Å². The molecular formula is C76H109N23O24S4. The average molecular weight is 1860 g/mol. The number of hydrogen-bond donors (Lipinski definition) is 29. The van der Waals surface area contributed by atoms with E-state index in [9.17, 15) is 117 Å². The molecule has 3 heterocycles. The third-order valence-corrected chi connectivity index (χ3v) is 20.9. The number of likely N-dealkylation sites (tertiary alicyclic amines) is 1. The van der Waals surface area contributed by atoms with Crippen molar-refractivity contribution in [3.05, 3.63) is 84.1 Å². The number of aromatic amines is 2. The number of rotatable bonds is 55. The van der Waals surface area contributed by atoms with Gasteiger partial charge in [-0.1, -0.05) is 44.2 Å². The number of H-pyrrole nitrogens is 2. The van der Waals surface area contributed by atoms with Crippen molar-refractivity contribution >= 4 is 179 Å². The van der Waals surface area contributed by atoms with Crippen LogP contribution >= 0.6 is 49.6 Å². The number of carbonyl (C=O) groups excluding carboxylic acids is 16. The molecule has 51 heteroatoms. The number of carboxylic acid groups (broad SMARTS) is 3. The third-order valence-electron chi connectivity index (χ3n) is 19.2. The fourth-order valence-electron chi connectivity index (χ4n) is 12.7. The lowest BCUT2D eigenvalue weighted by atomic mass is 10.0. The summed E-state index contributed by atoms with van der Waals surface area (Å²) in [5.41, 5.74) is 12.6. The Hall–Kier alpha value is -12.5. The number of nitrogens with one attached hydrogen (secondary N) is 19. The van der Waals surface area contributed by atoms with Crippen LogP contribution < -0.4 is 96.5 Å². The van der Waals surface area contributed by atoms with E-state index in [2.05, 4.69) is 138 Å². The van der Waals surface area contributed by atoms with E-state index in [0.717, 1.165) is 4.90 Å². The second-order valence-corrected chi connectivity index (χ2v) is 31.5. The summed E-state index contributed by atoms with van der Waals surface area (Å²) in [6.07, 6.45) is 2.27. The lowest BCUT2D eigenvalue weighted by Gasteiger charge is -2.30. The average Bonchev–Trinajstić information content (AvgIpc) is 1.72. The molecule has 5 rings (SSSR count). The highest BCUT2D eigenvalue weighted by atomic mass is 32.2. The number of carboxylic acids is 3. The number of phenolic OH excluding ortho intramolecular Hbond substituents is 1. The molecule has 28 N–H and O–H groups in total. The first-order valence-corrected chi connectivity index (χ1v) is 43.0. The van der Waals surface area contributed by atoms with Crippen LogP contribution in [0.15, 0.2) is 67.3 Å². The van der Waals surface area contributed by atoms with Gasteiger partial charge in [0.15, 0.2) is 5.96 Å². The highest BCUT2D eigenvalue weighted by Crippen LogP contribution is 2.23. The Morgan fingerprint density at radius 3 is 1.56 bits per heavy atom. The second-order valence-electron chi connectivity index (χ2n) is 29.4. The van der Waals surface area contributed by atoms with Crippen LogP contribution in [0.1, 0.15) is 82.0 Å². The molecule has 4 aromatic rings. The number of aromatic nitrogens is 3. The van der Waals surface area contributed by atoms with Crippen LogP contribution in [0.25, 0.3) is 10.9 Å². The first-order chi connectivity index (χ1) is 60.3. The number of thioether (sulfide) groups is 1. The van der Waals surface area contributed by atoms with Gasteiger partial charge in [0.05, 0.1) is 52.0 Å². The highest BCUT2D eigenvalue weighted by molar-refractivity contribution is 7.98. The van der Waals surface area contributed by atoms with Crippen LogP contribution in [0.2, 0.25) is 0 Å². The van der Waals surface area contributed by atoms with Crippen LogP contribution in [0.5, 0.6) is 5.75 Å². The summed E-state index contributed by atoms with van der Waals surface area (Å²) in [6, 6.07) is -8.72. The molecule has 0 spiro atoms. The zero-order chi connectivity index (χ0) is 94.1. The van der Waals surface area contributed by atoms with Gasteiger partial charge in [-0.25, -0.2) is 9.78 Å². The van der Waals surface area contributed by atoms with Crippen LogP contribution in [0, 0.1) is 11.3 Å². The van der Waals surface area contributed by atoms with Gasteiger partial charge in [0.25, 0.3) is 0 Å². The quantitative estimate of drug-likeness (QED) is 0.00845. The first-order valence-electron chi connectivity index (χ1n) is 39.7. The molecule has 127 heavy (non-hydrogen) atoms. The molecule has 0 bridgehead atoms. The van der Waals surface area contributed by atoms with Crippen molar-refractivity contribution in [2.24, 2.45) is 17.4 Å². The van der Waals surface area contributed by atoms with Crippen molar-refractivity contribution in [1.29, 1.82) is 5.41 Å². The van der Waals surface area contributed by atoms with Gasteiger partial charge in [0.1, 0.15) is 84.3 Å². The third kappa shape index (κ3) is 35.8. The number of aliphatic hydroxyl groups is 1. The van der Waals surface area contributed by atoms with E-state index in [1.54, 1.807) is 44.4 Å². The Kier molecular flexibility index (Phi) is 44.5. The SMILES string of the molecule is CSCC[C@H](NC(=O)[C@H](CC(C)C)NC(=O)[C@H](CS)NC(=O)CNC(=O)[C@H](Cc1cnc[nH]1)NC(=O)[C@H](CS)NC(=O)CNC(=O)CN)C(=O)N[C@@H](CO)C(=O)N[C@@H](CCCNC(=N)N)C(=O)N[C@@H](CC(=O)O)C(=O)N1CCC[C@H]1C(=O)N[C@@H](Cc1ccc(O)cc1)C(=O)N[C@@H](CS)C(=O)NCC(=O)N[C@@H](Cc1c[nH]c2ccccc12)C(=O)N[C@@H](CC(=O)O)C(=O)O. The van der Waals surface area contributed by atoms with Gasteiger partial charge >= 0.3 is 17.9 Å². The number of aliphatic hydroxyl groups excluding tert-OH is 1. The Balaban J connectivity index is 1.27. The molecule has 47 nitrogen and oxygen atoms in total. The van der Waals surface area contributed by atoms with Crippen molar-refractivity contribution in [1.82, 2.24) is 105 Å². The van der Waals surface area contributed by atoms with Crippen LogP contribution in [-0.4, -0.2) is 317 Å². The maximum absolute atomic E-state index is 14.7. The summed E-state index contributed by atoms with van der Waals surface area (Å²) < 4.78 is 0. The zero-order valence-electron chi connectivity index (χ0n) is 69.3. The lowest BCUT2D eigenvalue weighted by molar-refractivity contribution is -0.147. The highest BCUT2D eigenvalue weighted by Gasteiger charge is 2.42. The number of para-hydroxylation sites is 1. The molecule has 1 saturated heterocycles. The molecule has 696 valence electrons. The van der Waals surface area contributed by atoms with Crippen molar-refractivity contribution in [2.75, 3.05) is 75.1 Å². The number of hydrogen-bond acceptors (Lipinski definition) is 28. The van der Waals surface area contributed by atoms with E-state index < -0.39 is 248 Å². The lowest BCUT2D eigenvalue weighted by Crippen LogP contribution is -2.61. The number of aromatic hydroxyl groups is 1. The van der Waals surface area contributed by atoms with Gasteiger partial charge in [-0.15, -0.1) is 0 Å². The molecule has 1 aliphatic rings. The molecule has 1 aliphatic heterocycles. The molecule has 16 amide bonds. The maximum Gasteiger partial charge on any atom is 0.326 e. The fourth-order valence-corrected chi connectivity index (χ4v) is 13.9. The van der Waals surface area contributed by atoms with Gasteiger partial charge in [0, 0.05) is 78.6 Å². The van der Waals surface area contributed by atoms with Crippen LogP contribution in [0.4, 0.5) is 0 Å². The minimum Gasteiger partial charge on any atom is -0.508 e. The van der Waals surface area contributed by atoms with E-state index in [0.29, 0.717) is 27.7 Å². The number of fused-ring (bicyclic) bond motifs is 1. The number of aliphatic carboxylic acids is 3. The number of phenols is 1. The molecular weight excluding hydrogens is 1750 g/mol. The summed E-state index contributed by atoms with van der Waals surface area (Å²) in [6.45, 7) is -0.655. The maximum atomic E-state index is 14.7. The van der Waals surface area contributed by atoms with Crippen molar-refractivity contribution in [3.8, 4) is 5.75 Å². The number of imidazole rings is 1. The molecule has 2 aromatic carbocycles. The second kappa shape index (κ2) is 53.7. The normalized spacial score (nSPS) is 15.1. The summed E-state index contributed by atoms with van der Waals surface area (Å²) in [5, 5.41) is 96.7. The Morgan fingerprint density at radius 1 is 0.543 bits per heavy atom. The van der Waals surface area contributed by atoms with Crippen LogP contribution in [-0.2, 0) is 110 Å². The minimum atomic E-state index is -2.01. The fraction of sp³-hybridized carbons (Fsp3) is 0.513. The number of guanidine groups is 1. The minimum absolute atomic E-state index is 0.0696. The monoisotopic (exact) mass is 1860 g/mol. The Bertz CT molecular complexity index is 4530. The molecule has 1 fully saturated rings.